The second-order valence-corrected chi connectivity index (χ2v) is 7.44. The Labute approximate surface area is 169 Å². The van der Waals surface area contributed by atoms with Crippen molar-refractivity contribution >= 4 is 5.91 Å². The van der Waals surface area contributed by atoms with E-state index >= 15 is 0 Å². The minimum Gasteiger partial charge on any atom is -0.263 e. The van der Waals surface area contributed by atoms with Crippen molar-refractivity contribution < 1.29 is 9.83 Å². The largest absolute Gasteiger partial charge is 0.314 e. The molecule has 0 aromatic carbocycles. The summed E-state index contributed by atoms with van der Waals surface area (Å²) in [6, 6.07) is 2.85. The normalized spacial score (nSPS) is 10.8. The van der Waals surface area contributed by atoms with Gasteiger partial charge in [0.15, 0.2) is 5.03 Å². The van der Waals surface area contributed by atoms with Gasteiger partial charge in [-0.3, -0.25) is 9.78 Å². The first kappa shape index (κ1) is 24.1. The van der Waals surface area contributed by atoms with Crippen molar-refractivity contribution in [1.29, 1.82) is 0 Å². The second kappa shape index (κ2) is 16.0. The summed E-state index contributed by atoms with van der Waals surface area (Å²) in [6.45, 7) is 2.39. The van der Waals surface area contributed by atoms with Gasteiger partial charge in [-0.1, -0.05) is 95.4 Å². The fourth-order valence-electron chi connectivity index (χ4n) is 3.31. The zero-order valence-corrected chi connectivity index (χ0v) is 17.4. The average Bonchev–Trinajstić information content (AvgIpc) is 2.71. The maximum atomic E-state index is 12.2. The number of nitro groups is 1. The standard InChI is InChI=1S/C22H36N3O3/c1-2-3-4-5-6-7-8-9-10-11-12-13-14-15-20-24(25(27)28)22(26)21-16-18-23-19-17-21/h16-18H,2-15,20H2,1H3. The summed E-state index contributed by atoms with van der Waals surface area (Å²) in [4.78, 5) is 27.1. The van der Waals surface area contributed by atoms with Crippen LogP contribution in [0.3, 0.4) is 0 Å². The first-order valence-corrected chi connectivity index (χ1v) is 10.9. The lowest BCUT2D eigenvalue weighted by Crippen LogP contribution is -2.37. The Kier molecular flexibility index (Phi) is 13.8. The zero-order chi connectivity index (χ0) is 20.5. The average molecular weight is 391 g/mol. The molecule has 1 heterocycles. The van der Waals surface area contributed by atoms with E-state index in [4.69, 9.17) is 0 Å². The van der Waals surface area contributed by atoms with Crippen molar-refractivity contribution in [3.63, 3.8) is 0 Å². The molecule has 6 nitrogen and oxygen atoms in total. The minimum atomic E-state index is -0.620. The molecule has 1 rings (SSSR count). The lowest BCUT2D eigenvalue weighted by molar-refractivity contribution is -0.632. The van der Waals surface area contributed by atoms with Crippen molar-refractivity contribution in [3.8, 4) is 0 Å². The topological polar surface area (TPSA) is 76.3 Å². The molecule has 1 radical (unpaired) electrons. The molecule has 0 bridgehead atoms. The Morgan fingerprint density at radius 1 is 0.964 bits per heavy atom. The monoisotopic (exact) mass is 390 g/mol. The molecule has 0 spiro atoms. The first-order valence-electron chi connectivity index (χ1n) is 10.9. The predicted octanol–water partition coefficient (Wildman–Crippen LogP) is 6.00. The highest BCUT2D eigenvalue weighted by Crippen LogP contribution is 2.13. The van der Waals surface area contributed by atoms with E-state index in [1.54, 1.807) is 0 Å². The summed E-state index contributed by atoms with van der Waals surface area (Å²) < 4.78 is 0. The number of nitrogens with zero attached hydrogens (tertiary/aromatic N) is 3. The molecule has 1 amide bonds. The van der Waals surface area contributed by atoms with Crippen LogP contribution in [0.1, 0.15) is 107 Å². The number of rotatable bonds is 17. The molecule has 0 fully saturated rings. The fourth-order valence-corrected chi connectivity index (χ4v) is 3.31. The van der Waals surface area contributed by atoms with E-state index in [-0.39, 0.29) is 12.1 Å². The number of amides is 1. The predicted molar refractivity (Wildman–Crippen MR) is 111 cm³/mol. The Balaban J connectivity index is 2.02. The van der Waals surface area contributed by atoms with Gasteiger partial charge in [-0.05, 0) is 18.6 Å². The Bertz CT molecular complexity index is 537. The van der Waals surface area contributed by atoms with E-state index in [1.165, 1.54) is 89.0 Å². The zero-order valence-electron chi connectivity index (χ0n) is 17.4. The summed E-state index contributed by atoms with van der Waals surface area (Å²) in [7, 11) is 0. The van der Waals surface area contributed by atoms with E-state index in [2.05, 4.69) is 18.1 Å². The Hall–Kier alpha value is -1.98. The molecular weight excluding hydrogens is 354 g/mol. The summed E-state index contributed by atoms with van der Waals surface area (Å²) >= 11 is 0. The van der Waals surface area contributed by atoms with Gasteiger partial charge in [0.25, 0.3) is 0 Å². The van der Waals surface area contributed by atoms with E-state index in [0.717, 1.165) is 12.8 Å². The van der Waals surface area contributed by atoms with E-state index in [1.807, 2.05) is 0 Å². The molecule has 28 heavy (non-hydrogen) atoms. The van der Waals surface area contributed by atoms with Gasteiger partial charge in [-0.2, -0.15) is 0 Å². The maximum absolute atomic E-state index is 12.2. The van der Waals surface area contributed by atoms with Crippen LogP contribution >= 0.6 is 0 Å². The van der Waals surface area contributed by atoms with Crippen LogP contribution in [0.4, 0.5) is 0 Å². The van der Waals surface area contributed by atoms with Gasteiger partial charge < -0.3 is 0 Å². The summed E-state index contributed by atoms with van der Waals surface area (Å²) in [6.07, 6.45) is 21.1. The smallest absolute Gasteiger partial charge is 0.263 e. The molecule has 0 atom stereocenters. The molecular formula is C22H36N3O3. The van der Waals surface area contributed by atoms with Crippen LogP contribution in [-0.2, 0) is 0 Å². The van der Waals surface area contributed by atoms with Gasteiger partial charge in [0.2, 0.25) is 0 Å². The van der Waals surface area contributed by atoms with Crippen LogP contribution in [0, 0.1) is 16.3 Å². The minimum absolute atomic E-state index is 0.145. The number of carbonyl (C=O) groups excluding carboxylic acids is 1. The van der Waals surface area contributed by atoms with Crippen molar-refractivity contribution in [3.05, 3.63) is 40.2 Å². The van der Waals surface area contributed by atoms with Gasteiger partial charge in [-0.25, -0.2) is 10.1 Å². The van der Waals surface area contributed by atoms with Gasteiger partial charge in [0, 0.05) is 11.8 Å². The number of unbranched alkanes of at least 4 members (excludes halogenated alkanes) is 13. The van der Waals surface area contributed by atoms with Crippen LogP contribution in [0.25, 0.3) is 0 Å². The number of pyridine rings is 1. The lowest BCUT2D eigenvalue weighted by atomic mass is 10.0. The molecule has 0 unspecified atom stereocenters. The molecule has 0 saturated carbocycles. The van der Waals surface area contributed by atoms with Crippen LogP contribution in [-0.4, -0.2) is 27.5 Å². The highest BCUT2D eigenvalue weighted by molar-refractivity contribution is 5.93. The Morgan fingerprint density at radius 3 is 1.89 bits per heavy atom. The van der Waals surface area contributed by atoms with Crippen LogP contribution < -0.4 is 0 Å². The van der Waals surface area contributed by atoms with Gasteiger partial charge in [0.1, 0.15) is 0 Å². The molecule has 157 valence electrons. The third kappa shape index (κ3) is 11.0. The lowest BCUT2D eigenvalue weighted by Gasteiger charge is -2.12. The maximum Gasteiger partial charge on any atom is 0.314 e. The number of aromatic nitrogens is 1. The van der Waals surface area contributed by atoms with Gasteiger partial charge >= 0.3 is 5.91 Å². The third-order valence-electron chi connectivity index (χ3n) is 5.03. The van der Waals surface area contributed by atoms with E-state index in [0.29, 0.717) is 11.4 Å². The molecule has 0 aliphatic rings. The summed E-state index contributed by atoms with van der Waals surface area (Å²) in [5.74, 6) is -0.599. The third-order valence-corrected chi connectivity index (χ3v) is 5.03. The van der Waals surface area contributed by atoms with Crippen molar-refractivity contribution in [2.75, 3.05) is 6.54 Å². The quantitative estimate of drug-likeness (QED) is 0.186. The molecule has 0 saturated heterocycles. The van der Waals surface area contributed by atoms with E-state index in [9.17, 15) is 14.9 Å². The SMILES string of the molecule is CCCCCCCCCCCCCCCCN(C(=O)c1c[c]ncc1)[N+](=O)[O-]. The van der Waals surface area contributed by atoms with Crippen molar-refractivity contribution in [2.45, 2.75) is 96.8 Å². The number of hydrogen-bond donors (Lipinski definition) is 0. The van der Waals surface area contributed by atoms with Gasteiger partial charge in [0.05, 0.1) is 12.7 Å². The highest BCUT2D eigenvalue weighted by atomic mass is 16.7. The van der Waals surface area contributed by atoms with Crippen LogP contribution in [0.15, 0.2) is 18.3 Å². The number of carbonyl (C=O) groups is 1. The molecule has 0 aliphatic heterocycles. The number of hydrogen-bond acceptors (Lipinski definition) is 4. The van der Waals surface area contributed by atoms with Crippen molar-refractivity contribution in [2.24, 2.45) is 0 Å². The van der Waals surface area contributed by atoms with Crippen LogP contribution in [0.5, 0.6) is 0 Å². The molecule has 1 aromatic rings. The Morgan fingerprint density at radius 2 is 1.46 bits per heavy atom. The summed E-state index contributed by atoms with van der Waals surface area (Å²) in [5, 5.41) is 11.2. The van der Waals surface area contributed by atoms with Crippen molar-refractivity contribution in [1.82, 2.24) is 9.99 Å². The summed E-state index contributed by atoms with van der Waals surface area (Å²) in [5.41, 5.74) is 0.247. The molecule has 0 aliphatic carbocycles. The number of hydrazine groups is 1. The fraction of sp³-hybridized carbons (Fsp3) is 0.727. The first-order chi connectivity index (χ1) is 13.7. The highest BCUT2D eigenvalue weighted by Gasteiger charge is 2.24. The van der Waals surface area contributed by atoms with E-state index < -0.39 is 10.9 Å². The molecule has 6 heteroatoms. The second-order valence-electron chi connectivity index (χ2n) is 7.44. The van der Waals surface area contributed by atoms with Crippen LogP contribution in [0.2, 0.25) is 0 Å². The van der Waals surface area contributed by atoms with Gasteiger partial charge in [-0.15, -0.1) is 0 Å². The molecule has 1 aromatic heterocycles. The molecule has 0 N–H and O–H groups in total.